The maximum atomic E-state index is 14.1. The average molecular weight is 446 g/mol. The molecule has 0 saturated carbocycles. The molecule has 0 fully saturated rings. The first kappa shape index (κ1) is 19.4. The topological polar surface area (TPSA) is 73.8 Å². The van der Waals surface area contributed by atoms with Gasteiger partial charge in [0.05, 0.1) is 22.8 Å². The molecule has 0 bridgehead atoms. The highest BCUT2D eigenvalue weighted by atomic mass is 32.1. The molecule has 0 aliphatic rings. The molecule has 3 aromatic heterocycles. The van der Waals surface area contributed by atoms with Crippen LogP contribution in [0.25, 0.3) is 31.7 Å². The Hall–Kier alpha value is -3.60. The van der Waals surface area contributed by atoms with E-state index in [0.29, 0.717) is 4.70 Å². The Balaban J connectivity index is 1.50. The van der Waals surface area contributed by atoms with E-state index < -0.39 is 23.1 Å². The van der Waals surface area contributed by atoms with Crippen LogP contribution in [0.3, 0.4) is 0 Å². The summed E-state index contributed by atoms with van der Waals surface area (Å²) in [5.74, 6) is -0.480. The van der Waals surface area contributed by atoms with E-state index >= 15 is 0 Å². The number of hydrogen-bond donors (Lipinski definition) is 0. The van der Waals surface area contributed by atoms with Crippen molar-refractivity contribution in [1.29, 1.82) is 0 Å². The molecule has 2 aromatic carbocycles. The smallest absolute Gasteiger partial charge is 0.337 e. The molecule has 0 saturated heterocycles. The largest absolute Gasteiger partial charge is 0.416 e. The molecule has 5 aromatic rings. The van der Waals surface area contributed by atoms with Crippen molar-refractivity contribution in [3.8, 4) is 11.4 Å². The Kier molecular flexibility index (Phi) is 4.36. The van der Waals surface area contributed by atoms with E-state index in [-0.39, 0.29) is 39.4 Å². The Bertz CT molecular complexity index is 1500. The van der Waals surface area contributed by atoms with Gasteiger partial charge in [-0.3, -0.25) is 9.36 Å². The first-order valence-electron chi connectivity index (χ1n) is 8.87. The van der Waals surface area contributed by atoms with Crippen molar-refractivity contribution in [1.82, 2.24) is 19.7 Å². The predicted molar refractivity (Wildman–Crippen MR) is 105 cm³/mol. The summed E-state index contributed by atoms with van der Waals surface area (Å²) in [6.45, 7) is -0.134. The van der Waals surface area contributed by atoms with Gasteiger partial charge in [0.1, 0.15) is 17.1 Å². The second-order valence-electron chi connectivity index (χ2n) is 6.66. The zero-order chi connectivity index (χ0) is 21.8. The molecule has 0 aliphatic carbocycles. The van der Waals surface area contributed by atoms with Crippen LogP contribution in [0.1, 0.15) is 11.5 Å². The fourth-order valence-corrected chi connectivity index (χ4v) is 4.32. The quantitative estimate of drug-likeness (QED) is 0.370. The molecule has 0 aliphatic heterocycles. The average Bonchev–Trinajstić information content (AvgIpc) is 3.35. The van der Waals surface area contributed by atoms with Gasteiger partial charge in [0, 0.05) is 10.3 Å². The molecule has 3 heterocycles. The van der Waals surface area contributed by atoms with Crippen LogP contribution in [0.2, 0.25) is 0 Å². The Morgan fingerprint density at radius 3 is 2.74 bits per heavy atom. The number of benzene rings is 2. The van der Waals surface area contributed by atoms with Gasteiger partial charge in [0.15, 0.2) is 0 Å². The van der Waals surface area contributed by atoms with E-state index in [4.69, 9.17) is 4.52 Å². The Morgan fingerprint density at radius 1 is 1.13 bits per heavy atom. The lowest BCUT2D eigenvalue weighted by Gasteiger charge is -2.06. The highest BCUT2D eigenvalue weighted by Crippen LogP contribution is 2.33. The number of thiophene rings is 1. The maximum Gasteiger partial charge on any atom is 0.416 e. The molecular formula is C20H10F4N4O2S. The first-order chi connectivity index (χ1) is 14.8. The van der Waals surface area contributed by atoms with Gasteiger partial charge >= 0.3 is 6.18 Å². The van der Waals surface area contributed by atoms with E-state index in [1.54, 1.807) is 12.1 Å². The van der Waals surface area contributed by atoms with Crippen molar-refractivity contribution in [3.05, 3.63) is 76.4 Å². The molecule has 0 radical (unpaired) electrons. The normalized spacial score (nSPS) is 12.1. The lowest BCUT2D eigenvalue weighted by atomic mass is 10.1. The molecule has 0 atom stereocenters. The van der Waals surface area contributed by atoms with Crippen LogP contribution in [-0.4, -0.2) is 19.7 Å². The van der Waals surface area contributed by atoms with Crippen LogP contribution in [0, 0.1) is 5.82 Å². The molecular weight excluding hydrogens is 436 g/mol. The summed E-state index contributed by atoms with van der Waals surface area (Å²) in [5, 5.41) is 4.00. The highest BCUT2D eigenvalue weighted by Gasteiger charge is 2.30. The summed E-state index contributed by atoms with van der Waals surface area (Å²) < 4.78 is 60.1. The first-order valence-corrected chi connectivity index (χ1v) is 9.69. The molecule has 31 heavy (non-hydrogen) atoms. The summed E-state index contributed by atoms with van der Waals surface area (Å²) in [7, 11) is 0. The summed E-state index contributed by atoms with van der Waals surface area (Å²) in [6.07, 6.45) is -3.25. The van der Waals surface area contributed by atoms with Gasteiger partial charge in [0.2, 0.25) is 11.7 Å². The van der Waals surface area contributed by atoms with Gasteiger partial charge in [-0.25, -0.2) is 9.37 Å². The van der Waals surface area contributed by atoms with E-state index in [9.17, 15) is 22.4 Å². The van der Waals surface area contributed by atoms with Crippen molar-refractivity contribution >= 4 is 31.6 Å². The molecule has 0 spiro atoms. The number of aromatic nitrogens is 4. The predicted octanol–water partition coefficient (Wildman–Crippen LogP) is 4.87. The minimum Gasteiger partial charge on any atom is -0.337 e. The summed E-state index contributed by atoms with van der Waals surface area (Å²) >= 11 is 1.12. The number of nitrogens with zero attached hydrogens (tertiary/aromatic N) is 4. The van der Waals surface area contributed by atoms with Gasteiger partial charge in [-0.2, -0.15) is 18.2 Å². The van der Waals surface area contributed by atoms with Crippen molar-refractivity contribution in [2.45, 2.75) is 12.7 Å². The fraction of sp³-hybridized carbons (Fsp3) is 0.100. The fourth-order valence-electron chi connectivity index (χ4n) is 3.20. The highest BCUT2D eigenvalue weighted by molar-refractivity contribution is 7.25. The lowest BCUT2D eigenvalue weighted by Crippen LogP contribution is -2.20. The van der Waals surface area contributed by atoms with Gasteiger partial charge < -0.3 is 4.52 Å². The van der Waals surface area contributed by atoms with Gasteiger partial charge in [-0.15, -0.1) is 11.3 Å². The van der Waals surface area contributed by atoms with Crippen LogP contribution >= 0.6 is 11.3 Å². The van der Waals surface area contributed by atoms with Crippen LogP contribution in [-0.2, 0) is 12.7 Å². The summed E-state index contributed by atoms with van der Waals surface area (Å²) in [4.78, 5) is 21.1. The second-order valence-corrected chi connectivity index (χ2v) is 7.71. The van der Waals surface area contributed by atoms with Crippen molar-refractivity contribution in [3.63, 3.8) is 0 Å². The third kappa shape index (κ3) is 3.36. The molecule has 11 heteroatoms. The molecule has 156 valence electrons. The van der Waals surface area contributed by atoms with Crippen LogP contribution in [0.5, 0.6) is 0 Å². The number of halogens is 4. The zero-order valence-corrected chi connectivity index (χ0v) is 16.2. The Morgan fingerprint density at radius 2 is 1.94 bits per heavy atom. The van der Waals surface area contributed by atoms with Crippen LogP contribution < -0.4 is 5.56 Å². The molecule has 6 nitrogen and oxygen atoms in total. The van der Waals surface area contributed by atoms with E-state index in [1.165, 1.54) is 29.1 Å². The summed E-state index contributed by atoms with van der Waals surface area (Å²) in [6, 6.07) is 9.09. The molecule has 0 amide bonds. The Labute approximate surface area is 174 Å². The number of fused-ring (bicyclic) bond motifs is 3. The minimum absolute atomic E-state index is 0.0166. The maximum absolute atomic E-state index is 14.1. The third-order valence-electron chi connectivity index (χ3n) is 4.64. The van der Waals surface area contributed by atoms with Crippen molar-refractivity contribution in [2.24, 2.45) is 0 Å². The molecule has 5 rings (SSSR count). The summed E-state index contributed by atoms with van der Waals surface area (Å²) in [5.41, 5.74) is -0.844. The zero-order valence-electron chi connectivity index (χ0n) is 15.4. The van der Waals surface area contributed by atoms with Gasteiger partial charge in [-0.05, 0) is 24.3 Å². The van der Waals surface area contributed by atoms with Gasteiger partial charge in [0.25, 0.3) is 5.56 Å². The van der Waals surface area contributed by atoms with Crippen LogP contribution in [0.15, 0.2) is 58.1 Å². The van der Waals surface area contributed by atoms with Crippen LogP contribution in [0.4, 0.5) is 17.6 Å². The number of rotatable bonds is 3. The van der Waals surface area contributed by atoms with Crippen molar-refractivity contribution in [2.75, 3.05) is 0 Å². The second kappa shape index (κ2) is 6.98. The third-order valence-corrected chi connectivity index (χ3v) is 5.77. The molecule has 0 N–H and O–H groups in total. The van der Waals surface area contributed by atoms with E-state index in [2.05, 4.69) is 15.1 Å². The van der Waals surface area contributed by atoms with Crippen molar-refractivity contribution < 1.29 is 22.1 Å². The lowest BCUT2D eigenvalue weighted by molar-refractivity contribution is -0.137. The molecule has 0 unspecified atom stereocenters. The number of alkyl halides is 3. The van der Waals surface area contributed by atoms with E-state index in [1.807, 2.05) is 0 Å². The SMILES string of the molecule is O=c1c2sc3cccc(F)c3c2ncn1Cc1nc(-c2cccc(C(F)(F)F)c2)no1. The van der Waals surface area contributed by atoms with Gasteiger partial charge in [-0.1, -0.05) is 23.4 Å². The van der Waals surface area contributed by atoms with E-state index in [0.717, 1.165) is 23.5 Å². The number of hydrogen-bond acceptors (Lipinski definition) is 6. The minimum atomic E-state index is -4.50. The standard InChI is InChI=1S/C20H10F4N4O2S/c21-12-5-2-6-13-15(12)16-17(31-13)19(29)28(9-25-16)8-14-26-18(27-30-14)10-3-1-4-11(7-10)20(22,23)24/h1-7,9H,8H2. The monoisotopic (exact) mass is 446 g/mol.